The Morgan fingerprint density at radius 1 is 1.27 bits per heavy atom. The zero-order valence-electron chi connectivity index (χ0n) is 10.7. The molecule has 1 aliphatic heterocycles. The molecule has 90 valence electrons. The monoisotopic (exact) mass is 213 g/mol. The third kappa shape index (κ3) is 3.44. The lowest BCUT2D eigenvalue weighted by Gasteiger charge is -2.45. The normalized spacial score (nSPS) is 31.8. The van der Waals surface area contributed by atoms with Gasteiger partial charge in [-0.15, -0.1) is 0 Å². The molecule has 1 aliphatic rings. The summed E-state index contributed by atoms with van der Waals surface area (Å²) in [7, 11) is 2.23. The van der Waals surface area contributed by atoms with E-state index in [4.69, 9.17) is 5.73 Å². The maximum atomic E-state index is 5.56. The number of rotatable bonds is 4. The molecule has 3 nitrogen and oxygen atoms in total. The first kappa shape index (κ1) is 12.9. The smallest absolute Gasteiger partial charge is 0.0195 e. The number of hydrogen-bond donors (Lipinski definition) is 1. The molecule has 0 bridgehead atoms. The summed E-state index contributed by atoms with van der Waals surface area (Å²) >= 11 is 0. The van der Waals surface area contributed by atoms with Crippen LogP contribution in [0.15, 0.2) is 0 Å². The van der Waals surface area contributed by atoms with Gasteiger partial charge in [0.15, 0.2) is 0 Å². The van der Waals surface area contributed by atoms with Crippen molar-refractivity contribution in [2.45, 2.75) is 51.7 Å². The van der Waals surface area contributed by atoms with Crippen molar-refractivity contribution >= 4 is 0 Å². The number of nitrogens with zero attached hydrogens (tertiary/aromatic N) is 2. The minimum atomic E-state index is 0.675. The van der Waals surface area contributed by atoms with Crippen LogP contribution in [-0.4, -0.2) is 54.6 Å². The van der Waals surface area contributed by atoms with Gasteiger partial charge in [0.05, 0.1) is 0 Å². The predicted octanol–water partition coefficient (Wildman–Crippen LogP) is 1.14. The van der Waals surface area contributed by atoms with Gasteiger partial charge in [-0.05, 0) is 47.2 Å². The van der Waals surface area contributed by atoms with E-state index >= 15 is 0 Å². The average molecular weight is 213 g/mol. The van der Waals surface area contributed by atoms with Crippen molar-refractivity contribution in [3.8, 4) is 0 Å². The summed E-state index contributed by atoms with van der Waals surface area (Å²) in [5.41, 5.74) is 5.56. The molecule has 0 amide bonds. The maximum Gasteiger partial charge on any atom is 0.0195 e. The first-order chi connectivity index (χ1) is 7.06. The molecule has 1 saturated heterocycles. The highest BCUT2D eigenvalue weighted by atomic mass is 15.3. The molecule has 1 rings (SSSR count). The van der Waals surface area contributed by atoms with Gasteiger partial charge < -0.3 is 5.73 Å². The van der Waals surface area contributed by atoms with Crippen molar-refractivity contribution in [3.05, 3.63) is 0 Å². The second-order valence-corrected chi connectivity index (χ2v) is 5.10. The molecule has 1 fully saturated rings. The van der Waals surface area contributed by atoms with Gasteiger partial charge in [0, 0.05) is 31.2 Å². The average Bonchev–Trinajstić information content (AvgIpc) is 2.21. The summed E-state index contributed by atoms with van der Waals surface area (Å²) in [5, 5.41) is 0. The third-order valence-corrected chi connectivity index (χ3v) is 3.84. The van der Waals surface area contributed by atoms with Gasteiger partial charge in [-0.25, -0.2) is 0 Å². The Morgan fingerprint density at radius 2 is 1.80 bits per heavy atom. The van der Waals surface area contributed by atoms with Gasteiger partial charge in [0.2, 0.25) is 0 Å². The number of hydrogen-bond acceptors (Lipinski definition) is 3. The fourth-order valence-corrected chi connectivity index (χ4v) is 2.40. The lowest BCUT2D eigenvalue weighted by atomic mass is 10.0. The zero-order valence-corrected chi connectivity index (χ0v) is 10.7. The van der Waals surface area contributed by atoms with Gasteiger partial charge in [0.1, 0.15) is 0 Å². The number of nitrogens with two attached hydrogens (primary N) is 1. The first-order valence-electron chi connectivity index (χ1n) is 6.22. The maximum absolute atomic E-state index is 5.56. The second-order valence-electron chi connectivity index (χ2n) is 5.10. The van der Waals surface area contributed by atoms with Crippen LogP contribution in [0.5, 0.6) is 0 Å². The Hall–Kier alpha value is -0.120. The second kappa shape index (κ2) is 5.83. The van der Waals surface area contributed by atoms with E-state index in [2.05, 4.69) is 37.6 Å². The molecule has 1 heterocycles. The fraction of sp³-hybridized carbons (Fsp3) is 1.00. The summed E-state index contributed by atoms with van der Waals surface area (Å²) in [6.45, 7) is 10.2. The summed E-state index contributed by atoms with van der Waals surface area (Å²) < 4.78 is 0. The fourth-order valence-electron chi connectivity index (χ4n) is 2.40. The summed E-state index contributed by atoms with van der Waals surface area (Å²) in [6, 6.07) is 2.04. The quantitative estimate of drug-likeness (QED) is 0.760. The van der Waals surface area contributed by atoms with Gasteiger partial charge in [0.25, 0.3) is 0 Å². The van der Waals surface area contributed by atoms with Crippen molar-refractivity contribution in [2.75, 3.05) is 26.7 Å². The van der Waals surface area contributed by atoms with Crippen LogP contribution >= 0.6 is 0 Å². The summed E-state index contributed by atoms with van der Waals surface area (Å²) in [4.78, 5) is 5.09. The highest BCUT2D eigenvalue weighted by Crippen LogP contribution is 2.17. The van der Waals surface area contributed by atoms with E-state index in [1.807, 2.05) is 0 Å². The topological polar surface area (TPSA) is 32.5 Å². The zero-order chi connectivity index (χ0) is 11.4. The van der Waals surface area contributed by atoms with E-state index in [-0.39, 0.29) is 0 Å². The molecule has 3 unspecified atom stereocenters. The molecule has 0 saturated carbocycles. The Morgan fingerprint density at radius 3 is 2.27 bits per heavy atom. The lowest BCUT2D eigenvalue weighted by Crippen LogP contribution is -2.57. The highest BCUT2D eigenvalue weighted by Gasteiger charge is 2.28. The van der Waals surface area contributed by atoms with E-state index in [0.717, 1.165) is 13.0 Å². The highest BCUT2D eigenvalue weighted by molar-refractivity contribution is 4.85. The molecular weight excluding hydrogens is 186 g/mol. The standard InChI is InChI=1S/C12H27N3/c1-10(6-5-7-13)15-8-11(2)14(4)12(3)9-15/h10-12H,5-9,13H2,1-4H3. The van der Waals surface area contributed by atoms with Crippen molar-refractivity contribution < 1.29 is 0 Å². The lowest BCUT2D eigenvalue weighted by molar-refractivity contribution is 0.0357. The van der Waals surface area contributed by atoms with Crippen molar-refractivity contribution in [2.24, 2.45) is 5.73 Å². The van der Waals surface area contributed by atoms with Gasteiger partial charge in [-0.2, -0.15) is 0 Å². The molecule has 0 aliphatic carbocycles. The van der Waals surface area contributed by atoms with Crippen LogP contribution in [0.25, 0.3) is 0 Å². The molecule has 0 radical (unpaired) electrons. The van der Waals surface area contributed by atoms with Crippen LogP contribution in [0.3, 0.4) is 0 Å². The molecule has 0 aromatic carbocycles. The summed E-state index contributed by atoms with van der Waals surface area (Å²) in [5.74, 6) is 0. The van der Waals surface area contributed by atoms with Crippen molar-refractivity contribution in [1.29, 1.82) is 0 Å². The van der Waals surface area contributed by atoms with Crippen molar-refractivity contribution in [3.63, 3.8) is 0 Å². The predicted molar refractivity (Wildman–Crippen MR) is 66.0 cm³/mol. The molecular formula is C12H27N3. The van der Waals surface area contributed by atoms with E-state index in [1.54, 1.807) is 0 Å². The Balaban J connectivity index is 2.42. The molecule has 2 N–H and O–H groups in total. The largest absolute Gasteiger partial charge is 0.330 e. The summed E-state index contributed by atoms with van der Waals surface area (Å²) in [6.07, 6.45) is 2.38. The van der Waals surface area contributed by atoms with Crippen LogP contribution < -0.4 is 5.73 Å². The third-order valence-electron chi connectivity index (χ3n) is 3.84. The molecule has 3 heteroatoms. The molecule has 15 heavy (non-hydrogen) atoms. The Labute approximate surface area is 94.6 Å². The SMILES string of the molecule is CC(CCCN)N1CC(C)N(C)C(C)C1. The van der Waals surface area contributed by atoms with Crippen LogP contribution in [0.1, 0.15) is 33.6 Å². The van der Waals surface area contributed by atoms with E-state index in [9.17, 15) is 0 Å². The Kier molecular flexibility index (Phi) is 5.03. The van der Waals surface area contributed by atoms with E-state index < -0.39 is 0 Å². The molecule has 0 spiro atoms. The van der Waals surface area contributed by atoms with Crippen LogP contribution in [0, 0.1) is 0 Å². The van der Waals surface area contributed by atoms with Crippen LogP contribution in [-0.2, 0) is 0 Å². The first-order valence-corrected chi connectivity index (χ1v) is 6.22. The van der Waals surface area contributed by atoms with Gasteiger partial charge in [-0.3, -0.25) is 9.80 Å². The minimum absolute atomic E-state index is 0.675. The Bertz CT molecular complexity index is 172. The number of likely N-dealkylation sites (N-methyl/N-ethyl adjacent to an activating group) is 1. The van der Waals surface area contributed by atoms with E-state index in [0.29, 0.717) is 18.1 Å². The number of piperazine rings is 1. The minimum Gasteiger partial charge on any atom is -0.330 e. The molecule has 0 aromatic rings. The molecule has 3 atom stereocenters. The van der Waals surface area contributed by atoms with Crippen LogP contribution in [0.2, 0.25) is 0 Å². The van der Waals surface area contributed by atoms with Crippen LogP contribution in [0.4, 0.5) is 0 Å². The van der Waals surface area contributed by atoms with Gasteiger partial charge in [-0.1, -0.05) is 0 Å². The molecule has 0 aromatic heterocycles. The van der Waals surface area contributed by atoms with Gasteiger partial charge >= 0.3 is 0 Å². The van der Waals surface area contributed by atoms with E-state index in [1.165, 1.54) is 19.5 Å². The van der Waals surface area contributed by atoms with Crippen molar-refractivity contribution in [1.82, 2.24) is 9.80 Å².